The number of hydrogen-bond donors (Lipinski definition) is 2. The van der Waals surface area contributed by atoms with Crippen LogP contribution in [0.25, 0.3) is 0 Å². The van der Waals surface area contributed by atoms with Crippen LogP contribution in [0.1, 0.15) is 6.92 Å². The van der Waals surface area contributed by atoms with Crippen molar-refractivity contribution in [1.29, 1.82) is 0 Å². The largest absolute Gasteiger partial charge is 0.481 e. The molecule has 2 atom stereocenters. The Balaban J connectivity index is 3.30. The third-order valence-corrected chi connectivity index (χ3v) is 5.39. The average molecular weight is 360 g/mol. The van der Waals surface area contributed by atoms with Crippen LogP contribution in [0.15, 0.2) is 29.2 Å². The van der Waals surface area contributed by atoms with Gasteiger partial charge in [0.05, 0.1) is 10.8 Å². The summed E-state index contributed by atoms with van der Waals surface area (Å²) < 4.78 is 26.4. The quantitative estimate of drug-likeness (QED) is 0.490. The van der Waals surface area contributed by atoms with Gasteiger partial charge in [0, 0.05) is 32.7 Å². The SMILES string of the molecule is CC(C(=O)O)C(N)CN(N(C)C)S(=O)(=O)c1ccccc1[N+](=O)[O-]. The molecule has 0 saturated heterocycles. The number of sulfonamides is 1. The molecular weight excluding hydrogens is 340 g/mol. The zero-order chi connectivity index (χ0) is 18.7. The molecule has 1 aromatic rings. The van der Waals surface area contributed by atoms with E-state index in [0.717, 1.165) is 16.5 Å². The van der Waals surface area contributed by atoms with Crippen molar-refractivity contribution in [2.24, 2.45) is 11.7 Å². The molecule has 24 heavy (non-hydrogen) atoms. The number of nitrogens with two attached hydrogens (primary N) is 1. The molecule has 0 aliphatic carbocycles. The first kappa shape index (κ1) is 20.0. The van der Waals surface area contributed by atoms with E-state index in [4.69, 9.17) is 10.8 Å². The summed E-state index contributed by atoms with van der Waals surface area (Å²) in [5.41, 5.74) is 5.22. The Hall–Kier alpha value is -2.08. The lowest BCUT2D eigenvalue weighted by molar-refractivity contribution is -0.387. The highest BCUT2D eigenvalue weighted by atomic mass is 32.2. The molecule has 0 aromatic heterocycles. The average Bonchev–Trinajstić information content (AvgIpc) is 2.50. The van der Waals surface area contributed by atoms with Crippen LogP contribution >= 0.6 is 0 Å². The molecule has 0 heterocycles. The predicted octanol–water partition coefficient (Wildman–Crippen LogP) is 0.110. The van der Waals surface area contributed by atoms with Crippen LogP contribution in [-0.2, 0) is 14.8 Å². The summed E-state index contributed by atoms with van der Waals surface area (Å²) in [6.07, 6.45) is 0. The Morgan fingerprint density at radius 3 is 2.38 bits per heavy atom. The van der Waals surface area contributed by atoms with Gasteiger partial charge in [0.25, 0.3) is 15.7 Å². The van der Waals surface area contributed by atoms with Crippen LogP contribution in [-0.4, -0.2) is 60.5 Å². The van der Waals surface area contributed by atoms with E-state index in [2.05, 4.69) is 0 Å². The van der Waals surface area contributed by atoms with Crippen LogP contribution in [0.5, 0.6) is 0 Å². The fourth-order valence-corrected chi connectivity index (χ4v) is 3.62. The molecule has 10 nitrogen and oxygen atoms in total. The lowest BCUT2D eigenvalue weighted by Gasteiger charge is -2.31. The number of carboxylic acid groups (broad SMARTS) is 1. The van der Waals surface area contributed by atoms with Gasteiger partial charge in [-0.25, -0.2) is 13.4 Å². The molecule has 0 spiro atoms. The number of carboxylic acids is 1. The second kappa shape index (κ2) is 7.66. The molecule has 0 bridgehead atoms. The standard InChI is InChI=1S/C13H20N4O6S/c1-9(13(18)19)10(14)8-16(15(2)3)24(22,23)12-7-5-4-6-11(12)17(20)21/h4-7,9-10H,8,14H2,1-3H3,(H,18,19). The molecule has 3 N–H and O–H groups in total. The Bertz CT molecular complexity index is 721. The van der Waals surface area contributed by atoms with Crippen molar-refractivity contribution in [2.75, 3.05) is 20.6 Å². The number of aliphatic carboxylic acids is 1. The number of nitrogens with zero attached hydrogens (tertiary/aromatic N) is 3. The van der Waals surface area contributed by atoms with Crippen molar-refractivity contribution in [3.8, 4) is 0 Å². The molecular formula is C13H20N4O6S. The number of para-hydroxylation sites is 1. The molecule has 2 unspecified atom stereocenters. The molecule has 1 aromatic carbocycles. The first-order valence-corrected chi connectivity index (χ1v) is 8.36. The molecule has 11 heteroatoms. The highest BCUT2D eigenvalue weighted by molar-refractivity contribution is 7.89. The Kier molecular flexibility index (Phi) is 6.37. The van der Waals surface area contributed by atoms with Crippen LogP contribution in [0.2, 0.25) is 0 Å². The number of benzene rings is 1. The first-order chi connectivity index (χ1) is 11.0. The maximum atomic E-state index is 12.8. The molecule has 0 saturated carbocycles. The fraction of sp³-hybridized carbons (Fsp3) is 0.462. The van der Waals surface area contributed by atoms with Crippen molar-refractivity contribution in [3.63, 3.8) is 0 Å². The van der Waals surface area contributed by atoms with Gasteiger partial charge < -0.3 is 10.8 Å². The van der Waals surface area contributed by atoms with Crippen LogP contribution in [0.3, 0.4) is 0 Å². The van der Waals surface area contributed by atoms with Gasteiger partial charge >= 0.3 is 5.97 Å². The number of carbonyl (C=O) groups is 1. The Morgan fingerprint density at radius 2 is 1.92 bits per heavy atom. The second-order valence-electron chi connectivity index (χ2n) is 5.37. The van der Waals surface area contributed by atoms with E-state index in [1.807, 2.05) is 0 Å². The number of hydrazine groups is 1. The van der Waals surface area contributed by atoms with Crippen LogP contribution < -0.4 is 5.73 Å². The van der Waals surface area contributed by atoms with Crippen LogP contribution in [0, 0.1) is 16.0 Å². The third-order valence-electron chi connectivity index (χ3n) is 3.46. The van der Waals surface area contributed by atoms with E-state index in [1.165, 1.54) is 38.2 Å². The molecule has 0 radical (unpaired) electrons. The van der Waals surface area contributed by atoms with E-state index >= 15 is 0 Å². The lowest BCUT2D eigenvalue weighted by Crippen LogP contribution is -2.51. The van der Waals surface area contributed by atoms with Crippen molar-refractivity contribution in [3.05, 3.63) is 34.4 Å². The zero-order valence-electron chi connectivity index (χ0n) is 13.5. The lowest BCUT2D eigenvalue weighted by atomic mass is 10.0. The van der Waals surface area contributed by atoms with E-state index in [-0.39, 0.29) is 6.54 Å². The topological polar surface area (TPSA) is 147 Å². The predicted molar refractivity (Wildman–Crippen MR) is 85.5 cm³/mol. The van der Waals surface area contributed by atoms with Crippen molar-refractivity contribution in [1.82, 2.24) is 9.42 Å². The van der Waals surface area contributed by atoms with Crippen molar-refractivity contribution < 1.29 is 23.2 Å². The number of rotatable bonds is 8. The molecule has 134 valence electrons. The molecule has 1 rings (SSSR count). The highest BCUT2D eigenvalue weighted by Gasteiger charge is 2.35. The maximum absolute atomic E-state index is 12.8. The van der Waals surface area contributed by atoms with Crippen LogP contribution in [0.4, 0.5) is 5.69 Å². The normalized spacial score (nSPS) is 14.6. The summed E-state index contributed by atoms with van der Waals surface area (Å²) in [4.78, 5) is 20.8. The van der Waals surface area contributed by atoms with Gasteiger partial charge in [-0.15, -0.1) is 4.41 Å². The summed E-state index contributed by atoms with van der Waals surface area (Å²) in [5, 5.41) is 21.3. The number of hydrogen-bond acceptors (Lipinski definition) is 7. The van der Waals surface area contributed by atoms with Gasteiger partial charge in [0.1, 0.15) is 0 Å². The maximum Gasteiger partial charge on any atom is 0.307 e. The number of nitro groups is 1. The highest BCUT2D eigenvalue weighted by Crippen LogP contribution is 2.27. The molecule has 0 aliphatic heterocycles. The number of nitro benzene ring substituents is 1. The minimum absolute atomic E-state index is 0.338. The van der Waals surface area contributed by atoms with Gasteiger partial charge in [0.15, 0.2) is 4.90 Å². The summed E-state index contributed by atoms with van der Waals surface area (Å²) in [5.74, 6) is -2.15. The van der Waals surface area contributed by atoms with Crippen molar-refractivity contribution >= 4 is 21.7 Å². The van der Waals surface area contributed by atoms with E-state index < -0.39 is 43.5 Å². The van der Waals surface area contributed by atoms with Gasteiger partial charge in [-0.2, -0.15) is 0 Å². The third kappa shape index (κ3) is 4.26. The van der Waals surface area contributed by atoms with Gasteiger partial charge in [0.2, 0.25) is 0 Å². The first-order valence-electron chi connectivity index (χ1n) is 6.92. The second-order valence-corrected chi connectivity index (χ2v) is 7.18. The monoisotopic (exact) mass is 360 g/mol. The van der Waals surface area contributed by atoms with E-state index in [1.54, 1.807) is 0 Å². The van der Waals surface area contributed by atoms with Crippen molar-refractivity contribution in [2.45, 2.75) is 17.9 Å². The Labute approximate surface area is 139 Å². The summed E-state index contributed by atoms with van der Waals surface area (Å²) >= 11 is 0. The molecule has 0 fully saturated rings. The molecule has 0 aliphatic rings. The van der Waals surface area contributed by atoms with Gasteiger partial charge in [-0.1, -0.05) is 19.1 Å². The fourth-order valence-electron chi connectivity index (χ4n) is 1.94. The van der Waals surface area contributed by atoms with E-state index in [9.17, 15) is 23.3 Å². The minimum Gasteiger partial charge on any atom is -0.481 e. The summed E-state index contributed by atoms with van der Waals surface area (Å²) in [6.45, 7) is 1.02. The summed E-state index contributed by atoms with van der Waals surface area (Å²) in [7, 11) is -1.44. The summed E-state index contributed by atoms with van der Waals surface area (Å²) in [6, 6.07) is 3.93. The van der Waals surface area contributed by atoms with Gasteiger partial charge in [-0.3, -0.25) is 14.9 Å². The zero-order valence-corrected chi connectivity index (χ0v) is 14.3. The smallest absolute Gasteiger partial charge is 0.307 e. The van der Waals surface area contributed by atoms with E-state index in [0.29, 0.717) is 0 Å². The Morgan fingerprint density at radius 1 is 1.38 bits per heavy atom. The minimum atomic E-state index is -4.29. The molecule has 0 amide bonds. The van der Waals surface area contributed by atoms with Gasteiger partial charge in [-0.05, 0) is 6.07 Å².